The van der Waals surface area contributed by atoms with Crippen molar-refractivity contribution in [1.29, 1.82) is 0 Å². The monoisotopic (exact) mass is 173 g/mol. The molecule has 1 heterocycles. The molecule has 0 fully saturated rings. The van der Waals surface area contributed by atoms with E-state index in [-0.39, 0.29) is 5.78 Å². The van der Waals surface area contributed by atoms with Crippen LogP contribution in [0.4, 0.5) is 0 Å². The number of carbonyl (C=O) groups excluding carboxylic acids is 1. The molecule has 0 aromatic heterocycles. The molecule has 0 aromatic carbocycles. The number of rotatable bonds is 0. The summed E-state index contributed by atoms with van der Waals surface area (Å²) < 4.78 is 0.569. The van der Waals surface area contributed by atoms with Crippen LogP contribution < -0.4 is 0 Å². The van der Waals surface area contributed by atoms with Crippen LogP contribution in [0.15, 0.2) is 15.7 Å². The van der Waals surface area contributed by atoms with Crippen molar-refractivity contribution in [2.45, 2.75) is 6.42 Å². The topological polar surface area (TPSA) is 29.4 Å². The predicted octanol–water partition coefficient (Wildman–Crippen LogP) is 1.27. The van der Waals surface area contributed by atoms with E-state index in [0.29, 0.717) is 10.9 Å². The van der Waals surface area contributed by atoms with Gasteiger partial charge in [0.2, 0.25) is 0 Å². The summed E-state index contributed by atoms with van der Waals surface area (Å²) in [6.45, 7) is 0. The van der Waals surface area contributed by atoms with E-state index in [9.17, 15) is 4.79 Å². The lowest BCUT2D eigenvalue weighted by atomic mass is 10.3. The second-order valence-corrected chi connectivity index (χ2v) is 2.29. The number of hydrogen-bond donors (Lipinski definition) is 0. The fraction of sp³-hybridized carbons (Fsp3) is 0.200. The Kier molecular flexibility index (Phi) is 1.58. The van der Waals surface area contributed by atoms with Crippen molar-refractivity contribution >= 4 is 27.9 Å². The van der Waals surface area contributed by atoms with Gasteiger partial charge in [-0.25, -0.2) is 0 Å². The van der Waals surface area contributed by atoms with Gasteiger partial charge < -0.3 is 0 Å². The molecule has 3 heteroatoms. The van der Waals surface area contributed by atoms with Gasteiger partial charge in [0.15, 0.2) is 5.78 Å². The zero-order valence-corrected chi connectivity index (χ0v) is 5.68. The molecule has 0 aromatic rings. The van der Waals surface area contributed by atoms with Crippen molar-refractivity contribution in [2.75, 3.05) is 0 Å². The number of aliphatic imine (C=N–C) groups is 1. The molecule has 1 rings (SSSR count). The zero-order chi connectivity index (χ0) is 5.98. The Morgan fingerprint density at radius 3 is 2.88 bits per heavy atom. The molecule has 0 bridgehead atoms. The van der Waals surface area contributed by atoms with Crippen LogP contribution in [0.5, 0.6) is 0 Å². The van der Waals surface area contributed by atoms with Crippen LogP contribution in [-0.2, 0) is 4.79 Å². The van der Waals surface area contributed by atoms with Gasteiger partial charge in [0, 0.05) is 18.8 Å². The summed E-state index contributed by atoms with van der Waals surface area (Å²) in [4.78, 5) is 14.3. The van der Waals surface area contributed by atoms with Crippen molar-refractivity contribution < 1.29 is 4.79 Å². The summed E-state index contributed by atoms with van der Waals surface area (Å²) in [6, 6.07) is 0. The van der Waals surface area contributed by atoms with E-state index in [1.807, 2.05) is 0 Å². The third-order valence-corrected chi connectivity index (χ3v) is 1.48. The number of ketones is 1. The van der Waals surface area contributed by atoms with E-state index in [0.717, 1.165) is 0 Å². The molecule has 8 heavy (non-hydrogen) atoms. The second-order valence-electron chi connectivity index (χ2n) is 1.44. The Labute approximate surface area is 55.4 Å². The van der Waals surface area contributed by atoms with Gasteiger partial charge in [0.1, 0.15) is 0 Å². The van der Waals surface area contributed by atoms with Gasteiger partial charge >= 0.3 is 0 Å². The SMILES string of the molecule is O=C1CC=NC=C1Br. The largest absolute Gasteiger partial charge is 0.293 e. The van der Waals surface area contributed by atoms with Crippen LogP contribution >= 0.6 is 15.9 Å². The Bertz CT molecular complexity index is 171. The highest BCUT2D eigenvalue weighted by atomic mass is 79.9. The maximum absolute atomic E-state index is 10.6. The molecule has 0 aliphatic carbocycles. The summed E-state index contributed by atoms with van der Waals surface area (Å²) in [6.07, 6.45) is 3.52. The Balaban J connectivity index is 2.80. The summed E-state index contributed by atoms with van der Waals surface area (Å²) in [7, 11) is 0. The van der Waals surface area contributed by atoms with E-state index in [2.05, 4.69) is 20.9 Å². The Morgan fingerprint density at radius 1 is 1.75 bits per heavy atom. The molecule has 0 saturated heterocycles. The van der Waals surface area contributed by atoms with E-state index in [1.165, 1.54) is 6.20 Å². The minimum atomic E-state index is 0.0972. The van der Waals surface area contributed by atoms with Crippen molar-refractivity contribution in [3.05, 3.63) is 10.7 Å². The van der Waals surface area contributed by atoms with E-state index < -0.39 is 0 Å². The van der Waals surface area contributed by atoms with Crippen molar-refractivity contribution in [3.63, 3.8) is 0 Å². The molecule has 2 nitrogen and oxygen atoms in total. The third-order valence-electron chi connectivity index (χ3n) is 0.836. The molecule has 0 spiro atoms. The van der Waals surface area contributed by atoms with Crippen molar-refractivity contribution in [2.24, 2.45) is 4.99 Å². The molecule has 0 atom stereocenters. The van der Waals surface area contributed by atoms with Crippen LogP contribution in [0.2, 0.25) is 0 Å². The molecule has 1 aliphatic rings. The summed E-state index contributed by atoms with van der Waals surface area (Å²) >= 11 is 3.05. The standard InChI is InChI=1S/C5H4BrNO/c6-4-3-7-2-1-5(4)8/h2-3H,1H2. The maximum atomic E-state index is 10.6. The average Bonchev–Trinajstić information content (AvgIpc) is 1.77. The number of halogens is 1. The number of Topliss-reactive ketones (excluding diaryl/α,β-unsaturated/α-hetero) is 1. The normalized spacial score (nSPS) is 18.6. The molecular formula is C5H4BrNO. The maximum Gasteiger partial charge on any atom is 0.176 e. The molecule has 0 unspecified atom stereocenters. The lowest BCUT2D eigenvalue weighted by molar-refractivity contribution is -0.113. The summed E-state index contributed by atoms with van der Waals surface area (Å²) in [5.41, 5.74) is 0. The molecule has 0 amide bonds. The van der Waals surface area contributed by atoms with Gasteiger partial charge in [-0.15, -0.1) is 0 Å². The first-order valence-corrected chi connectivity index (χ1v) is 3.00. The van der Waals surface area contributed by atoms with Gasteiger partial charge in [0.25, 0.3) is 0 Å². The Morgan fingerprint density at radius 2 is 2.50 bits per heavy atom. The highest BCUT2D eigenvalue weighted by Crippen LogP contribution is 2.10. The predicted molar refractivity (Wildman–Crippen MR) is 35.1 cm³/mol. The minimum Gasteiger partial charge on any atom is -0.293 e. The fourth-order valence-corrected chi connectivity index (χ4v) is 0.703. The van der Waals surface area contributed by atoms with Crippen LogP contribution in [0, 0.1) is 0 Å². The molecule has 1 aliphatic heterocycles. The molecule has 42 valence electrons. The lowest BCUT2D eigenvalue weighted by Gasteiger charge is -1.95. The quantitative estimate of drug-likeness (QED) is 0.543. The zero-order valence-electron chi connectivity index (χ0n) is 4.10. The van der Waals surface area contributed by atoms with Gasteiger partial charge in [0.05, 0.1) is 4.48 Å². The fourth-order valence-electron chi connectivity index (χ4n) is 0.423. The Hall–Kier alpha value is -0.440. The van der Waals surface area contributed by atoms with Crippen LogP contribution in [0.25, 0.3) is 0 Å². The van der Waals surface area contributed by atoms with Crippen LogP contribution in [0.3, 0.4) is 0 Å². The van der Waals surface area contributed by atoms with Gasteiger partial charge in [-0.3, -0.25) is 9.79 Å². The van der Waals surface area contributed by atoms with E-state index in [4.69, 9.17) is 0 Å². The highest BCUT2D eigenvalue weighted by Gasteiger charge is 2.05. The van der Waals surface area contributed by atoms with Crippen LogP contribution in [-0.4, -0.2) is 12.0 Å². The van der Waals surface area contributed by atoms with Crippen LogP contribution in [0.1, 0.15) is 6.42 Å². The molecule has 0 N–H and O–H groups in total. The first-order valence-electron chi connectivity index (χ1n) is 2.21. The third kappa shape index (κ3) is 1.04. The van der Waals surface area contributed by atoms with E-state index >= 15 is 0 Å². The number of carbonyl (C=O) groups is 1. The second kappa shape index (κ2) is 2.22. The van der Waals surface area contributed by atoms with Crippen molar-refractivity contribution in [3.8, 4) is 0 Å². The molecular weight excluding hydrogens is 170 g/mol. The van der Waals surface area contributed by atoms with Crippen molar-refractivity contribution in [1.82, 2.24) is 0 Å². The van der Waals surface area contributed by atoms with E-state index in [1.54, 1.807) is 6.21 Å². The molecule has 0 radical (unpaired) electrons. The van der Waals surface area contributed by atoms with Gasteiger partial charge in [-0.1, -0.05) is 0 Å². The number of hydrogen-bond acceptors (Lipinski definition) is 2. The first kappa shape index (κ1) is 5.69. The first-order chi connectivity index (χ1) is 3.80. The highest BCUT2D eigenvalue weighted by molar-refractivity contribution is 9.12. The van der Waals surface area contributed by atoms with Gasteiger partial charge in [-0.05, 0) is 15.9 Å². The number of allylic oxidation sites excluding steroid dienone is 1. The summed E-state index contributed by atoms with van der Waals surface area (Å²) in [5, 5.41) is 0. The summed E-state index contributed by atoms with van der Waals surface area (Å²) in [5.74, 6) is 0.0972. The minimum absolute atomic E-state index is 0.0972. The lowest BCUT2D eigenvalue weighted by Crippen LogP contribution is -2.00. The smallest absolute Gasteiger partial charge is 0.176 e. The van der Waals surface area contributed by atoms with Gasteiger partial charge in [-0.2, -0.15) is 0 Å². The number of nitrogens with zero attached hydrogens (tertiary/aromatic N) is 1. The average molecular weight is 174 g/mol. The molecule has 0 saturated carbocycles.